The van der Waals surface area contributed by atoms with Crippen molar-refractivity contribution in [2.45, 2.75) is 53.1 Å². The summed E-state index contributed by atoms with van der Waals surface area (Å²) in [4.78, 5) is 27.8. The number of rotatable bonds is 5. The molecule has 1 amide bonds. The molecule has 0 N–H and O–H groups in total. The molecular weight excluding hydrogens is 346 g/mol. The minimum absolute atomic E-state index is 0.0418. The minimum atomic E-state index is -0.653. The molecule has 3 rings (SSSR count). The van der Waals surface area contributed by atoms with Crippen molar-refractivity contribution in [2.75, 3.05) is 19.6 Å². The Morgan fingerprint density at radius 1 is 1.30 bits per heavy atom. The highest BCUT2D eigenvalue weighted by atomic mass is 16.6. The number of nitro benzene ring substituents is 1. The second-order valence-corrected chi connectivity index (χ2v) is 7.47. The summed E-state index contributed by atoms with van der Waals surface area (Å²) in [6, 6.07) is 3.14. The van der Waals surface area contributed by atoms with Crippen LogP contribution in [0.15, 0.2) is 17.8 Å². The molecule has 146 valence electrons. The molecular formula is C20H27N3O4. The predicted molar refractivity (Wildman–Crippen MR) is 103 cm³/mol. The van der Waals surface area contributed by atoms with Crippen LogP contribution in [0.4, 0.5) is 5.69 Å². The maximum Gasteiger partial charge on any atom is 0.273 e. The molecule has 0 spiro atoms. The van der Waals surface area contributed by atoms with Crippen LogP contribution < -0.4 is 4.74 Å². The second kappa shape index (κ2) is 6.87. The van der Waals surface area contributed by atoms with Crippen LogP contribution in [0, 0.1) is 17.0 Å². The van der Waals surface area contributed by atoms with Crippen LogP contribution in [0.1, 0.15) is 51.7 Å². The Morgan fingerprint density at radius 2 is 1.96 bits per heavy atom. The number of carbonyl (C=O) groups excluding carboxylic acids is 1. The van der Waals surface area contributed by atoms with Gasteiger partial charge in [0, 0.05) is 37.7 Å². The highest BCUT2D eigenvalue weighted by Crippen LogP contribution is 2.47. The highest BCUT2D eigenvalue weighted by Gasteiger charge is 2.43. The average Bonchev–Trinajstić information content (AvgIpc) is 3.01. The lowest BCUT2D eigenvalue weighted by Gasteiger charge is -2.44. The smallest absolute Gasteiger partial charge is 0.273 e. The van der Waals surface area contributed by atoms with E-state index in [1.807, 2.05) is 13.8 Å². The predicted octanol–water partition coefficient (Wildman–Crippen LogP) is 3.71. The molecule has 1 fully saturated rings. The van der Waals surface area contributed by atoms with Crippen molar-refractivity contribution < 1.29 is 14.5 Å². The number of hydrogen-bond donors (Lipinski definition) is 0. The summed E-state index contributed by atoms with van der Waals surface area (Å²) in [5.74, 6) is 0.651. The van der Waals surface area contributed by atoms with Crippen molar-refractivity contribution in [1.29, 1.82) is 0 Å². The molecule has 0 bridgehead atoms. The molecule has 2 aliphatic rings. The summed E-state index contributed by atoms with van der Waals surface area (Å²) in [7, 11) is 0. The van der Waals surface area contributed by atoms with E-state index < -0.39 is 5.60 Å². The largest absolute Gasteiger partial charge is 0.481 e. The van der Waals surface area contributed by atoms with Crippen molar-refractivity contribution in [3.05, 3.63) is 39.1 Å². The van der Waals surface area contributed by atoms with E-state index in [1.54, 1.807) is 17.9 Å². The summed E-state index contributed by atoms with van der Waals surface area (Å²) in [6.45, 7) is 12.0. The fourth-order valence-corrected chi connectivity index (χ4v) is 4.20. The van der Waals surface area contributed by atoms with Crippen LogP contribution in [0.2, 0.25) is 0 Å². The summed E-state index contributed by atoms with van der Waals surface area (Å²) in [5, 5.41) is 11.5. The van der Waals surface area contributed by atoms with Crippen LogP contribution in [0.25, 0.3) is 5.70 Å². The Morgan fingerprint density at radius 3 is 2.48 bits per heavy atom. The van der Waals surface area contributed by atoms with Crippen LogP contribution in [0.3, 0.4) is 0 Å². The van der Waals surface area contributed by atoms with Gasteiger partial charge in [-0.1, -0.05) is 0 Å². The lowest BCUT2D eigenvalue weighted by atomic mass is 9.90. The summed E-state index contributed by atoms with van der Waals surface area (Å²) in [6.07, 6.45) is 1.29. The second-order valence-electron chi connectivity index (χ2n) is 7.47. The Hall–Kier alpha value is -2.57. The number of fused-ring (bicyclic) bond motifs is 1. The van der Waals surface area contributed by atoms with Gasteiger partial charge in [-0.25, -0.2) is 0 Å². The summed E-state index contributed by atoms with van der Waals surface area (Å²) < 4.78 is 6.30. The van der Waals surface area contributed by atoms with Gasteiger partial charge in [0.05, 0.1) is 21.9 Å². The number of benzene rings is 1. The fourth-order valence-electron chi connectivity index (χ4n) is 4.20. The zero-order chi connectivity index (χ0) is 19.9. The van der Waals surface area contributed by atoms with Crippen molar-refractivity contribution in [3.8, 4) is 5.75 Å². The molecule has 2 aliphatic heterocycles. The summed E-state index contributed by atoms with van der Waals surface area (Å²) >= 11 is 0. The van der Waals surface area contributed by atoms with Crippen LogP contribution in [-0.2, 0) is 4.79 Å². The molecule has 1 aromatic rings. The number of ether oxygens (including phenoxy) is 1. The standard InChI is InChI=1S/C20H27N3O4/c1-6-21(7-2)19-18(22-12-8-9-16(22)24)17-13(3)14(23(25)26)10-11-15(17)27-20(19,4)5/h10-11H,6-9,12H2,1-5H3. The first-order valence-corrected chi connectivity index (χ1v) is 9.50. The van der Waals surface area contributed by atoms with Crippen LogP contribution in [-0.4, -0.2) is 45.9 Å². The van der Waals surface area contributed by atoms with Gasteiger partial charge >= 0.3 is 0 Å². The molecule has 7 heteroatoms. The Kier molecular flexibility index (Phi) is 4.88. The molecule has 0 aliphatic carbocycles. The van der Waals surface area contributed by atoms with Crippen molar-refractivity contribution in [2.24, 2.45) is 0 Å². The molecule has 0 aromatic heterocycles. The van der Waals surface area contributed by atoms with E-state index in [0.29, 0.717) is 29.8 Å². The number of hydrogen-bond acceptors (Lipinski definition) is 5. The van der Waals surface area contributed by atoms with Crippen molar-refractivity contribution in [1.82, 2.24) is 9.80 Å². The number of nitrogens with zero attached hydrogens (tertiary/aromatic N) is 3. The number of nitro groups is 1. The van der Waals surface area contributed by atoms with Crippen molar-refractivity contribution >= 4 is 17.3 Å². The highest BCUT2D eigenvalue weighted by molar-refractivity contribution is 5.92. The molecule has 0 atom stereocenters. The molecule has 1 saturated heterocycles. The van der Waals surface area contributed by atoms with Crippen LogP contribution in [0.5, 0.6) is 5.75 Å². The Bertz CT molecular complexity index is 825. The fraction of sp³-hybridized carbons (Fsp3) is 0.550. The number of amides is 1. The first kappa shape index (κ1) is 19.2. The quantitative estimate of drug-likeness (QED) is 0.581. The van der Waals surface area contributed by atoms with Gasteiger partial charge in [0.1, 0.15) is 11.4 Å². The van der Waals surface area contributed by atoms with E-state index in [4.69, 9.17) is 4.74 Å². The maximum absolute atomic E-state index is 12.7. The van der Waals surface area contributed by atoms with E-state index in [1.165, 1.54) is 6.07 Å². The molecule has 2 heterocycles. The molecule has 0 saturated carbocycles. The minimum Gasteiger partial charge on any atom is -0.481 e. The van der Waals surface area contributed by atoms with E-state index in [0.717, 1.165) is 30.9 Å². The molecule has 1 aromatic carbocycles. The Labute approximate surface area is 159 Å². The van der Waals surface area contributed by atoms with Gasteiger partial charge in [0.2, 0.25) is 5.91 Å². The lowest BCUT2D eigenvalue weighted by Crippen LogP contribution is -2.46. The first-order valence-electron chi connectivity index (χ1n) is 9.50. The van der Waals surface area contributed by atoms with E-state index in [-0.39, 0.29) is 16.5 Å². The molecule has 0 unspecified atom stereocenters. The normalized spacial score (nSPS) is 18.4. The topological polar surface area (TPSA) is 75.9 Å². The number of carbonyl (C=O) groups is 1. The monoisotopic (exact) mass is 373 g/mol. The SMILES string of the molecule is CCN(CC)C1=C(N2CCCC2=O)c2c(ccc([N+](=O)[O-])c2C)OC1(C)C. The van der Waals surface area contributed by atoms with Gasteiger partial charge in [0.25, 0.3) is 5.69 Å². The molecule has 0 radical (unpaired) electrons. The van der Waals surface area contributed by atoms with Gasteiger partial charge in [-0.3, -0.25) is 14.9 Å². The molecule has 27 heavy (non-hydrogen) atoms. The van der Waals surface area contributed by atoms with Gasteiger partial charge in [-0.2, -0.15) is 0 Å². The lowest BCUT2D eigenvalue weighted by molar-refractivity contribution is -0.385. The number of likely N-dealkylation sites (N-methyl/N-ethyl adjacent to an activating group) is 1. The zero-order valence-electron chi connectivity index (χ0n) is 16.7. The number of likely N-dealkylation sites (tertiary alicyclic amines) is 1. The third-order valence-electron chi connectivity index (χ3n) is 5.41. The zero-order valence-corrected chi connectivity index (χ0v) is 16.7. The maximum atomic E-state index is 12.7. The first-order chi connectivity index (χ1) is 12.7. The average molecular weight is 373 g/mol. The van der Waals surface area contributed by atoms with Gasteiger partial charge in [-0.15, -0.1) is 0 Å². The summed E-state index contributed by atoms with van der Waals surface area (Å²) in [5.41, 5.74) is 2.28. The van der Waals surface area contributed by atoms with E-state index >= 15 is 0 Å². The van der Waals surface area contributed by atoms with Gasteiger partial charge < -0.3 is 14.5 Å². The van der Waals surface area contributed by atoms with E-state index in [2.05, 4.69) is 18.7 Å². The van der Waals surface area contributed by atoms with E-state index in [9.17, 15) is 14.9 Å². The van der Waals surface area contributed by atoms with Crippen molar-refractivity contribution in [3.63, 3.8) is 0 Å². The van der Waals surface area contributed by atoms with Gasteiger partial charge in [0.15, 0.2) is 0 Å². The van der Waals surface area contributed by atoms with Crippen LogP contribution >= 0.6 is 0 Å². The third-order valence-corrected chi connectivity index (χ3v) is 5.41. The Balaban J connectivity index is 2.38. The third kappa shape index (κ3) is 3.05. The van der Waals surface area contributed by atoms with Gasteiger partial charge in [-0.05, 0) is 47.1 Å². The molecule has 7 nitrogen and oxygen atoms in total.